The van der Waals surface area contributed by atoms with Crippen molar-refractivity contribution in [3.8, 4) is 0 Å². The minimum Gasteiger partial charge on any atom is -0.371 e. The summed E-state index contributed by atoms with van der Waals surface area (Å²) < 4.78 is 5.92. The Hall–Kier alpha value is -0.0800. The number of nitrogens with one attached hydrogen (secondary N) is 1. The third kappa shape index (κ3) is 8.26. The van der Waals surface area contributed by atoms with Crippen LogP contribution in [0.4, 0.5) is 0 Å². The summed E-state index contributed by atoms with van der Waals surface area (Å²) in [6.07, 6.45) is 2.70. The Kier molecular flexibility index (Phi) is 6.35. The topological polar surface area (TPSA) is 21.3 Å². The van der Waals surface area contributed by atoms with E-state index in [2.05, 4.69) is 39.9 Å². The first-order valence-electron chi connectivity index (χ1n) is 5.38. The van der Waals surface area contributed by atoms with Crippen molar-refractivity contribution in [2.75, 3.05) is 13.1 Å². The molecule has 0 aromatic rings. The quantitative estimate of drug-likeness (QED) is 0.690. The van der Waals surface area contributed by atoms with Crippen molar-refractivity contribution < 1.29 is 4.74 Å². The third-order valence-electron chi connectivity index (χ3n) is 1.75. The van der Waals surface area contributed by atoms with Gasteiger partial charge in [-0.2, -0.15) is 0 Å². The first kappa shape index (κ1) is 12.9. The maximum atomic E-state index is 5.92. The number of likely N-dealkylation sites (N-methyl/N-ethyl adjacent to an activating group) is 1. The van der Waals surface area contributed by atoms with Gasteiger partial charge in [-0.1, -0.05) is 20.3 Å². The molecule has 0 rings (SSSR count). The molecule has 13 heavy (non-hydrogen) atoms. The summed E-state index contributed by atoms with van der Waals surface area (Å²) in [6, 6.07) is 0. The van der Waals surface area contributed by atoms with Crippen LogP contribution in [-0.4, -0.2) is 24.8 Å². The van der Waals surface area contributed by atoms with Gasteiger partial charge in [-0.15, -0.1) is 0 Å². The van der Waals surface area contributed by atoms with E-state index in [1.807, 2.05) is 0 Å². The second-order valence-corrected chi connectivity index (χ2v) is 4.45. The summed E-state index contributed by atoms with van der Waals surface area (Å²) in [7, 11) is 0. The molecule has 80 valence electrons. The lowest BCUT2D eigenvalue weighted by molar-refractivity contribution is -0.0616. The average Bonchev–Trinajstić information content (AvgIpc) is 1.98. The highest BCUT2D eigenvalue weighted by molar-refractivity contribution is 4.67. The van der Waals surface area contributed by atoms with Crippen LogP contribution in [0.25, 0.3) is 0 Å². The zero-order valence-corrected chi connectivity index (χ0v) is 9.81. The van der Waals surface area contributed by atoms with Crippen molar-refractivity contribution in [1.82, 2.24) is 5.32 Å². The predicted octanol–water partition coefficient (Wildman–Crippen LogP) is 2.58. The van der Waals surface area contributed by atoms with Crippen LogP contribution in [0.15, 0.2) is 0 Å². The highest BCUT2D eigenvalue weighted by atomic mass is 16.5. The molecule has 0 aliphatic carbocycles. The molecule has 0 aromatic heterocycles. The molecule has 0 bridgehead atoms. The molecule has 0 saturated carbocycles. The van der Waals surface area contributed by atoms with Gasteiger partial charge < -0.3 is 10.1 Å². The van der Waals surface area contributed by atoms with Crippen LogP contribution in [-0.2, 0) is 4.74 Å². The molecule has 2 nitrogen and oxygen atoms in total. The van der Waals surface area contributed by atoms with E-state index >= 15 is 0 Å². The number of ether oxygens (including phenoxy) is 1. The van der Waals surface area contributed by atoms with Crippen molar-refractivity contribution in [2.45, 2.75) is 59.2 Å². The number of rotatable bonds is 6. The van der Waals surface area contributed by atoms with Crippen molar-refractivity contribution in [1.29, 1.82) is 0 Å². The molecule has 0 amide bonds. The molecule has 0 aromatic carbocycles. The van der Waals surface area contributed by atoms with Gasteiger partial charge in [0.1, 0.15) is 0 Å². The van der Waals surface area contributed by atoms with E-state index in [4.69, 9.17) is 4.74 Å². The predicted molar refractivity (Wildman–Crippen MR) is 58.1 cm³/mol. The normalized spacial score (nSPS) is 14.5. The lowest BCUT2D eigenvalue weighted by atomic mass is 10.1. The van der Waals surface area contributed by atoms with Crippen molar-refractivity contribution in [2.24, 2.45) is 0 Å². The second-order valence-electron chi connectivity index (χ2n) is 4.45. The fourth-order valence-corrected chi connectivity index (χ4v) is 1.33. The van der Waals surface area contributed by atoms with E-state index in [9.17, 15) is 0 Å². The Bertz CT molecular complexity index is 118. The van der Waals surface area contributed by atoms with Gasteiger partial charge in [0.05, 0.1) is 11.7 Å². The first-order chi connectivity index (χ1) is 5.99. The standard InChI is InChI=1S/C11H25NO/c1-6-8-10(9-12-7-2)13-11(3,4)5/h10,12H,6-9H2,1-5H3. The lowest BCUT2D eigenvalue weighted by Gasteiger charge is -2.27. The molecular formula is C11H25NO. The molecule has 0 spiro atoms. The van der Waals surface area contributed by atoms with Gasteiger partial charge in [0.2, 0.25) is 0 Å². The van der Waals surface area contributed by atoms with Gasteiger partial charge in [0.25, 0.3) is 0 Å². The molecule has 0 aliphatic heterocycles. The van der Waals surface area contributed by atoms with Crippen molar-refractivity contribution >= 4 is 0 Å². The molecule has 0 saturated heterocycles. The molecule has 0 fully saturated rings. The molecular weight excluding hydrogens is 162 g/mol. The van der Waals surface area contributed by atoms with Crippen LogP contribution >= 0.6 is 0 Å². The van der Waals surface area contributed by atoms with Gasteiger partial charge in [0.15, 0.2) is 0 Å². The number of hydrogen-bond acceptors (Lipinski definition) is 2. The van der Waals surface area contributed by atoms with Crippen LogP contribution in [0.2, 0.25) is 0 Å². The molecule has 0 heterocycles. The Morgan fingerprint density at radius 1 is 1.23 bits per heavy atom. The fourth-order valence-electron chi connectivity index (χ4n) is 1.33. The van der Waals surface area contributed by atoms with Gasteiger partial charge in [0, 0.05) is 6.54 Å². The van der Waals surface area contributed by atoms with Gasteiger partial charge >= 0.3 is 0 Å². The molecule has 0 aliphatic rings. The summed E-state index contributed by atoms with van der Waals surface area (Å²) in [5, 5.41) is 3.33. The van der Waals surface area contributed by atoms with Crippen LogP contribution in [0.3, 0.4) is 0 Å². The molecule has 2 heteroatoms. The van der Waals surface area contributed by atoms with E-state index in [0.29, 0.717) is 6.10 Å². The third-order valence-corrected chi connectivity index (χ3v) is 1.75. The summed E-state index contributed by atoms with van der Waals surface area (Å²) in [5.74, 6) is 0. The highest BCUT2D eigenvalue weighted by Crippen LogP contribution is 2.13. The second kappa shape index (κ2) is 6.39. The van der Waals surface area contributed by atoms with Crippen LogP contribution < -0.4 is 5.32 Å². The number of hydrogen-bond donors (Lipinski definition) is 1. The average molecular weight is 187 g/mol. The molecule has 1 N–H and O–H groups in total. The van der Waals surface area contributed by atoms with Crippen LogP contribution in [0.5, 0.6) is 0 Å². The maximum Gasteiger partial charge on any atom is 0.0706 e. The SMILES string of the molecule is CCCC(CNCC)OC(C)(C)C. The van der Waals surface area contributed by atoms with Crippen molar-refractivity contribution in [3.63, 3.8) is 0 Å². The zero-order valence-electron chi connectivity index (χ0n) is 9.81. The van der Waals surface area contributed by atoms with E-state index in [1.54, 1.807) is 0 Å². The smallest absolute Gasteiger partial charge is 0.0706 e. The minimum absolute atomic E-state index is 0.0186. The fraction of sp³-hybridized carbons (Fsp3) is 1.00. The molecule has 1 atom stereocenters. The summed E-state index contributed by atoms with van der Waals surface area (Å²) in [6.45, 7) is 12.7. The maximum absolute atomic E-state index is 5.92. The van der Waals surface area contributed by atoms with Crippen LogP contribution in [0, 0.1) is 0 Å². The van der Waals surface area contributed by atoms with E-state index in [0.717, 1.165) is 19.5 Å². The van der Waals surface area contributed by atoms with Gasteiger partial charge in [-0.25, -0.2) is 0 Å². The van der Waals surface area contributed by atoms with E-state index < -0.39 is 0 Å². The van der Waals surface area contributed by atoms with Gasteiger partial charge in [-0.3, -0.25) is 0 Å². The molecule has 1 unspecified atom stereocenters. The minimum atomic E-state index is -0.0186. The Balaban J connectivity index is 3.79. The summed E-state index contributed by atoms with van der Waals surface area (Å²) in [5.41, 5.74) is -0.0186. The van der Waals surface area contributed by atoms with E-state index in [-0.39, 0.29) is 5.60 Å². The zero-order chi connectivity index (χ0) is 10.3. The van der Waals surface area contributed by atoms with E-state index in [1.165, 1.54) is 6.42 Å². The Morgan fingerprint density at radius 2 is 1.85 bits per heavy atom. The Morgan fingerprint density at radius 3 is 2.23 bits per heavy atom. The first-order valence-corrected chi connectivity index (χ1v) is 5.38. The largest absolute Gasteiger partial charge is 0.371 e. The highest BCUT2D eigenvalue weighted by Gasteiger charge is 2.17. The van der Waals surface area contributed by atoms with Crippen LogP contribution in [0.1, 0.15) is 47.5 Å². The lowest BCUT2D eigenvalue weighted by Crippen LogP contribution is -2.35. The van der Waals surface area contributed by atoms with Crippen molar-refractivity contribution in [3.05, 3.63) is 0 Å². The Labute approximate surface area is 83.1 Å². The summed E-state index contributed by atoms with van der Waals surface area (Å²) in [4.78, 5) is 0. The van der Waals surface area contributed by atoms with Gasteiger partial charge in [-0.05, 0) is 33.7 Å². The monoisotopic (exact) mass is 187 g/mol. The summed E-state index contributed by atoms with van der Waals surface area (Å²) >= 11 is 0. The molecule has 0 radical (unpaired) electrons.